The molecular formula is C14H16Cl2N2O4S. The minimum atomic E-state index is -3.76. The van der Waals surface area contributed by atoms with Crippen molar-refractivity contribution in [1.29, 1.82) is 0 Å². The van der Waals surface area contributed by atoms with Gasteiger partial charge in [0.2, 0.25) is 10.0 Å². The van der Waals surface area contributed by atoms with E-state index in [1.54, 1.807) is 6.07 Å². The Labute approximate surface area is 145 Å². The topological polar surface area (TPSA) is 66.9 Å². The number of hydrogen-bond acceptors (Lipinski definition) is 5. The summed E-state index contributed by atoms with van der Waals surface area (Å²) in [6.07, 6.45) is 0.655. The summed E-state index contributed by atoms with van der Waals surface area (Å²) >= 11 is 12.0. The van der Waals surface area contributed by atoms with Gasteiger partial charge in [0, 0.05) is 32.6 Å². The summed E-state index contributed by atoms with van der Waals surface area (Å²) in [6.45, 7) is 1.95. The van der Waals surface area contributed by atoms with Crippen LogP contribution in [0.4, 0.5) is 0 Å². The van der Waals surface area contributed by atoms with E-state index in [9.17, 15) is 13.2 Å². The average molecular weight is 379 g/mol. The summed E-state index contributed by atoms with van der Waals surface area (Å²) < 4.78 is 31.9. The van der Waals surface area contributed by atoms with E-state index in [2.05, 4.69) is 0 Å². The molecule has 126 valence electrons. The van der Waals surface area contributed by atoms with E-state index in [1.807, 2.05) is 4.90 Å². The predicted octanol–water partition coefficient (Wildman–Crippen LogP) is 1.62. The maximum atomic E-state index is 12.8. The van der Waals surface area contributed by atoms with Crippen LogP contribution < -0.4 is 0 Å². The zero-order valence-electron chi connectivity index (χ0n) is 12.2. The second kappa shape index (κ2) is 6.57. The first-order chi connectivity index (χ1) is 10.9. The van der Waals surface area contributed by atoms with E-state index < -0.39 is 10.0 Å². The van der Waals surface area contributed by atoms with Gasteiger partial charge in [-0.1, -0.05) is 29.3 Å². The molecule has 1 aromatic rings. The van der Waals surface area contributed by atoms with Crippen LogP contribution in [0.3, 0.4) is 0 Å². The standard InChI is InChI=1S/C14H16Cl2N2O4S/c15-10-2-1-3-11(16)13(10)23(20,21)18-7-5-17(6-8-18)12-4-9-22-14(12)19/h1-3,12H,4-9H2/t12-/m0/s1. The molecule has 0 N–H and O–H groups in total. The van der Waals surface area contributed by atoms with Gasteiger partial charge in [-0.2, -0.15) is 4.31 Å². The van der Waals surface area contributed by atoms with E-state index in [0.29, 0.717) is 26.1 Å². The van der Waals surface area contributed by atoms with Gasteiger partial charge in [-0.3, -0.25) is 9.69 Å². The van der Waals surface area contributed by atoms with Gasteiger partial charge in [-0.25, -0.2) is 8.42 Å². The maximum Gasteiger partial charge on any atom is 0.323 e. The fourth-order valence-electron chi connectivity index (χ4n) is 2.93. The van der Waals surface area contributed by atoms with Gasteiger partial charge in [-0.05, 0) is 12.1 Å². The molecule has 0 radical (unpaired) electrons. The van der Waals surface area contributed by atoms with Gasteiger partial charge >= 0.3 is 5.97 Å². The van der Waals surface area contributed by atoms with Crippen LogP contribution in [-0.2, 0) is 19.6 Å². The smallest absolute Gasteiger partial charge is 0.323 e. The van der Waals surface area contributed by atoms with Crippen molar-refractivity contribution in [2.75, 3.05) is 32.8 Å². The lowest BCUT2D eigenvalue weighted by Crippen LogP contribution is -2.53. The fraction of sp³-hybridized carbons (Fsp3) is 0.500. The Morgan fingerprint density at radius 1 is 1.09 bits per heavy atom. The lowest BCUT2D eigenvalue weighted by molar-refractivity contribution is -0.142. The van der Waals surface area contributed by atoms with Gasteiger partial charge < -0.3 is 4.74 Å². The number of piperazine rings is 1. The summed E-state index contributed by atoms with van der Waals surface area (Å²) in [5.74, 6) is -0.226. The van der Waals surface area contributed by atoms with E-state index in [-0.39, 0.29) is 40.0 Å². The van der Waals surface area contributed by atoms with Crippen molar-refractivity contribution >= 4 is 39.2 Å². The molecule has 23 heavy (non-hydrogen) atoms. The molecule has 9 heteroatoms. The summed E-state index contributed by atoms with van der Waals surface area (Å²) in [6, 6.07) is 4.35. The van der Waals surface area contributed by atoms with E-state index in [4.69, 9.17) is 27.9 Å². The summed E-state index contributed by atoms with van der Waals surface area (Å²) in [5.41, 5.74) is 0. The predicted molar refractivity (Wildman–Crippen MR) is 86.2 cm³/mol. The molecule has 2 saturated heterocycles. The number of esters is 1. The number of nitrogens with zero attached hydrogens (tertiary/aromatic N) is 2. The average Bonchev–Trinajstić information content (AvgIpc) is 2.93. The van der Waals surface area contributed by atoms with E-state index in [1.165, 1.54) is 16.4 Å². The lowest BCUT2D eigenvalue weighted by Gasteiger charge is -2.36. The third-order valence-electron chi connectivity index (χ3n) is 4.14. The van der Waals surface area contributed by atoms with E-state index >= 15 is 0 Å². The number of hydrogen-bond donors (Lipinski definition) is 0. The Morgan fingerprint density at radius 2 is 1.70 bits per heavy atom. The molecule has 2 aliphatic rings. The highest BCUT2D eigenvalue weighted by Crippen LogP contribution is 2.32. The molecule has 6 nitrogen and oxygen atoms in total. The van der Waals surface area contributed by atoms with Crippen LogP contribution in [0, 0.1) is 0 Å². The first kappa shape index (κ1) is 17.0. The first-order valence-electron chi connectivity index (χ1n) is 7.26. The minimum Gasteiger partial charge on any atom is -0.464 e. The second-order valence-corrected chi connectivity index (χ2v) is 8.15. The number of ether oxygens (including phenoxy) is 1. The normalized spacial score (nSPS) is 23.9. The molecular weight excluding hydrogens is 363 g/mol. The SMILES string of the molecule is O=C1OCC[C@@H]1N1CCN(S(=O)(=O)c2c(Cl)cccc2Cl)CC1. The molecule has 0 saturated carbocycles. The molecule has 0 spiro atoms. The highest BCUT2D eigenvalue weighted by Gasteiger charge is 2.37. The van der Waals surface area contributed by atoms with Gasteiger partial charge in [0.25, 0.3) is 0 Å². The maximum absolute atomic E-state index is 12.8. The molecule has 2 aliphatic heterocycles. The van der Waals surface area contributed by atoms with Gasteiger partial charge in [0.15, 0.2) is 0 Å². The van der Waals surface area contributed by atoms with Crippen molar-refractivity contribution in [3.05, 3.63) is 28.2 Å². The van der Waals surface area contributed by atoms with Crippen molar-refractivity contribution in [3.8, 4) is 0 Å². The highest BCUT2D eigenvalue weighted by atomic mass is 35.5. The lowest BCUT2D eigenvalue weighted by atomic mass is 10.2. The zero-order valence-corrected chi connectivity index (χ0v) is 14.6. The van der Waals surface area contributed by atoms with Crippen LogP contribution in [0.5, 0.6) is 0 Å². The Morgan fingerprint density at radius 3 is 2.22 bits per heavy atom. The summed E-state index contributed by atoms with van der Waals surface area (Å²) in [7, 11) is -3.76. The molecule has 0 aliphatic carbocycles. The second-order valence-electron chi connectivity index (χ2n) is 5.46. The Hall–Kier alpha value is -0.860. The number of sulfonamides is 1. The molecule has 1 aromatic carbocycles. The monoisotopic (exact) mass is 378 g/mol. The van der Waals surface area contributed by atoms with Crippen molar-refractivity contribution < 1.29 is 17.9 Å². The van der Waals surface area contributed by atoms with Crippen LogP contribution in [-0.4, -0.2) is 62.4 Å². The number of cyclic esters (lactones) is 1. The van der Waals surface area contributed by atoms with Crippen LogP contribution in [0.2, 0.25) is 10.0 Å². The van der Waals surface area contributed by atoms with Gasteiger partial charge in [-0.15, -0.1) is 0 Å². The highest BCUT2D eigenvalue weighted by molar-refractivity contribution is 7.89. The third-order valence-corrected chi connectivity index (χ3v) is 6.99. The number of carbonyl (C=O) groups is 1. The van der Waals surface area contributed by atoms with Gasteiger partial charge in [0.1, 0.15) is 10.9 Å². The Kier molecular flexibility index (Phi) is 4.85. The molecule has 0 unspecified atom stereocenters. The molecule has 3 rings (SSSR count). The molecule has 0 amide bonds. The molecule has 2 heterocycles. The van der Waals surface area contributed by atoms with Crippen molar-refractivity contribution in [1.82, 2.24) is 9.21 Å². The van der Waals surface area contributed by atoms with Crippen molar-refractivity contribution in [2.45, 2.75) is 17.4 Å². The van der Waals surface area contributed by atoms with Crippen LogP contribution in [0.1, 0.15) is 6.42 Å². The van der Waals surface area contributed by atoms with Crippen LogP contribution in [0.15, 0.2) is 23.1 Å². The van der Waals surface area contributed by atoms with Crippen molar-refractivity contribution in [2.24, 2.45) is 0 Å². The number of halogens is 2. The molecule has 1 atom stereocenters. The molecule has 0 bridgehead atoms. The Balaban J connectivity index is 1.75. The van der Waals surface area contributed by atoms with Crippen molar-refractivity contribution in [3.63, 3.8) is 0 Å². The third kappa shape index (κ3) is 3.21. The summed E-state index contributed by atoms with van der Waals surface area (Å²) in [5, 5.41) is 0.221. The summed E-state index contributed by atoms with van der Waals surface area (Å²) in [4.78, 5) is 13.5. The number of rotatable bonds is 3. The van der Waals surface area contributed by atoms with Crippen LogP contribution in [0.25, 0.3) is 0 Å². The fourth-order valence-corrected chi connectivity index (χ4v) is 5.44. The molecule has 0 aromatic heterocycles. The quantitative estimate of drug-likeness (QED) is 0.747. The molecule has 2 fully saturated rings. The first-order valence-corrected chi connectivity index (χ1v) is 9.45. The Bertz CT molecular complexity index is 697. The number of carbonyl (C=O) groups excluding carboxylic acids is 1. The largest absolute Gasteiger partial charge is 0.464 e. The van der Waals surface area contributed by atoms with E-state index in [0.717, 1.165) is 0 Å². The van der Waals surface area contributed by atoms with Gasteiger partial charge in [0.05, 0.1) is 16.7 Å². The number of benzene rings is 1. The van der Waals surface area contributed by atoms with Crippen LogP contribution >= 0.6 is 23.2 Å². The minimum absolute atomic E-state index is 0.0583. The zero-order chi connectivity index (χ0) is 16.6.